The van der Waals surface area contributed by atoms with Crippen molar-refractivity contribution in [1.82, 2.24) is 5.32 Å². The summed E-state index contributed by atoms with van der Waals surface area (Å²) in [5, 5.41) is 3.43. The number of rotatable bonds is 8. The van der Waals surface area contributed by atoms with Crippen molar-refractivity contribution in [3.63, 3.8) is 0 Å². The van der Waals surface area contributed by atoms with E-state index in [4.69, 9.17) is 0 Å². The van der Waals surface area contributed by atoms with Crippen LogP contribution < -0.4 is 10.2 Å². The molecule has 0 aromatic heterocycles. The van der Waals surface area contributed by atoms with Gasteiger partial charge in [0, 0.05) is 25.3 Å². The average Bonchev–Trinajstić information content (AvgIpc) is 2.56. The molecule has 0 amide bonds. The lowest BCUT2D eigenvalue weighted by Gasteiger charge is -2.21. The maximum absolute atomic E-state index is 12.8. The molecule has 126 valence electrons. The van der Waals surface area contributed by atoms with Crippen molar-refractivity contribution in [1.29, 1.82) is 0 Å². The van der Waals surface area contributed by atoms with Crippen molar-refractivity contribution in [2.24, 2.45) is 0 Å². The molecule has 1 N–H and O–H groups in total. The van der Waals surface area contributed by atoms with E-state index >= 15 is 0 Å². The van der Waals surface area contributed by atoms with Crippen LogP contribution in [0.4, 0.5) is 10.1 Å². The summed E-state index contributed by atoms with van der Waals surface area (Å²) in [4.78, 5) is 2.34. The van der Waals surface area contributed by atoms with Gasteiger partial charge in [-0.05, 0) is 62.2 Å². The van der Waals surface area contributed by atoms with Crippen LogP contribution in [0, 0.1) is 5.82 Å². The lowest BCUT2D eigenvalue weighted by atomic mass is 10.1. The minimum atomic E-state index is -0.176. The summed E-state index contributed by atoms with van der Waals surface area (Å²) in [5.74, 6) is -0.176. The Bertz CT molecular complexity index is 551. The fourth-order valence-electron chi connectivity index (χ4n) is 2.53. The molecule has 0 unspecified atom stereocenters. The van der Waals surface area contributed by atoms with Crippen LogP contribution in [-0.4, -0.2) is 19.6 Å². The van der Waals surface area contributed by atoms with Gasteiger partial charge in [-0.25, -0.2) is 4.39 Å². The fourth-order valence-corrected chi connectivity index (χ4v) is 2.53. The van der Waals surface area contributed by atoms with Crippen molar-refractivity contribution >= 4 is 18.1 Å². The Hall–Kier alpha value is -1.58. The highest BCUT2D eigenvalue weighted by atomic mass is 35.5. The smallest absolute Gasteiger partial charge is 0.123 e. The molecule has 23 heavy (non-hydrogen) atoms. The highest BCUT2D eigenvalue weighted by Gasteiger charge is 2.01. The molecule has 2 nitrogen and oxygen atoms in total. The first-order valence-electron chi connectivity index (χ1n) is 8.02. The van der Waals surface area contributed by atoms with Gasteiger partial charge in [-0.15, -0.1) is 12.4 Å². The molecule has 0 atom stereocenters. The Labute approximate surface area is 145 Å². The van der Waals surface area contributed by atoms with Crippen LogP contribution in [0.5, 0.6) is 0 Å². The first kappa shape index (κ1) is 19.5. The lowest BCUT2D eigenvalue weighted by Crippen LogP contribution is -2.21. The van der Waals surface area contributed by atoms with Crippen molar-refractivity contribution in [2.45, 2.75) is 26.8 Å². The van der Waals surface area contributed by atoms with Crippen LogP contribution in [0.2, 0.25) is 0 Å². The number of hydrogen-bond donors (Lipinski definition) is 1. The van der Waals surface area contributed by atoms with Gasteiger partial charge in [-0.3, -0.25) is 0 Å². The number of anilines is 1. The summed E-state index contributed by atoms with van der Waals surface area (Å²) in [6.07, 6.45) is 0.914. The predicted molar refractivity (Wildman–Crippen MR) is 99.1 cm³/mol. The number of nitrogens with one attached hydrogen (secondary N) is 1. The van der Waals surface area contributed by atoms with E-state index in [0.717, 1.165) is 38.2 Å². The van der Waals surface area contributed by atoms with E-state index in [1.54, 1.807) is 0 Å². The molecule has 0 bridgehead atoms. The third-order valence-corrected chi connectivity index (χ3v) is 3.90. The minimum Gasteiger partial charge on any atom is -0.372 e. The summed E-state index contributed by atoms with van der Waals surface area (Å²) in [6, 6.07) is 15.4. The first-order valence-corrected chi connectivity index (χ1v) is 8.02. The van der Waals surface area contributed by atoms with Gasteiger partial charge in [0.25, 0.3) is 0 Å². The van der Waals surface area contributed by atoms with Crippen molar-refractivity contribution < 1.29 is 4.39 Å². The third kappa shape index (κ3) is 6.20. The average molecular weight is 337 g/mol. The van der Waals surface area contributed by atoms with Gasteiger partial charge in [0.15, 0.2) is 0 Å². The second-order valence-corrected chi connectivity index (χ2v) is 5.39. The zero-order valence-corrected chi connectivity index (χ0v) is 14.7. The lowest BCUT2D eigenvalue weighted by molar-refractivity contribution is 0.626. The van der Waals surface area contributed by atoms with Gasteiger partial charge in [0.05, 0.1) is 0 Å². The van der Waals surface area contributed by atoms with E-state index < -0.39 is 0 Å². The Morgan fingerprint density at radius 2 is 1.43 bits per heavy atom. The van der Waals surface area contributed by atoms with Gasteiger partial charge < -0.3 is 10.2 Å². The quantitative estimate of drug-likeness (QED) is 0.717. The zero-order valence-electron chi connectivity index (χ0n) is 13.9. The second kappa shape index (κ2) is 10.2. The second-order valence-electron chi connectivity index (χ2n) is 5.39. The Balaban J connectivity index is 0.00000264. The molecule has 0 heterocycles. The van der Waals surface area contributed by atoms with Crippen molar-refractivity contribution in [2.75, 3.05) is 24.5 Å². The number of benzene rings is 2. The molecule has 0 spiro atoms. The molecule has 0 fully saturated rings. The van der Waals surface area contributed by atoms with Crippen LogP contribution in [-0.2, 0) is 13.0 Å². The largest absolute Gasteiger partial charge is 0.372 e. The predicted octanol–water partition coefficient (Wildman–Crippen LogP) is 4.43. The summed E-state index contributed by atoms with van der Waals surface area (Å²) < 4.78 is 12.8. The van der Waals surface area contributed by atoms with Gasteiger partial charge in [-0.2, -0.15) is 0 Å². The molecule has 2 aromatic carbocycles. The zero-order chi connectivity index (χ0) is 15.8. The van der Waals surface area contributed by atoms with E-state index in [-0.39, 0.29) is 18.2 Å². The van der Waals surface area contributed by atoms with E-state index in [9.17, 15) is 4.39 Å². The van der Waals surface area contributed by atoms with E-state index in [1.807, 2.05) is 12.1 Å². The number of nitrogens with zero attached hydrogens (tertiary/aromatic N) is 1. The van der Waals surface area contributed by atoms with Gasteiger partial charge in [-0.1, -0.05) is 24.3 Å². The number of hydrogen-bond acceptors (Lipinski definition) is 2. The Morgan fingerprint density at radius 1 is 0.870 bits per heavy atom. The Kier molecular flexibility index (Phi) is 8.67. The Morgan fingerprint density at radius 3 is 2.00 bits per heavy atom. The van der Waals surface area contributed by atoms with Crippen molar-refractivity contribution in [3.8, 4) is 0 Å². The summed E-state index contributed by atoms with van der Waals surface area (Å²) in [7, 11) is 0. The van der Waals surface area contributed by atoms with Gasteiger partial charge >= 0.3 is 0 Å². The van der Waals surface area contributed by atoms with E-state index in [1.165, 1.54) is 23.4 Å². The van der Waals surface area contributed by atoms with Gasteiger partial charge in [0.1, 0.15) is 5.82 Å². The maximum Gasteiger partial charge on any atom is 0.123 e. The topological polar surface area (TPSA) is 15.3 Å². The van der Waals surface area contributed by atoms with E-state index in [0.29, 0.717) is 0 Å². The van der Waals surface area contributed by atoms with Crippen LogP contribution in [0.1, 0.15) is 25.0 Å². The van der Waals surface area contributed by atoms with E-state index in [2.05, 4.69) is 48.3 Å². The maximum atomic E-state index is 12.8. The molecular weight excluding hydrogens is 311 g/mol. The summed E-state index contributed by atoms with van der Waals surface area (Å²) >= 11 is 0. The highest BCUT2D eigenvalue weighted by Crippen LogP contribution is 2.14. The third-order valence-electron chi connectivity index (χ3n) is 3.90. The van der Waals surface area contributed by atoms with Gasteiger partial charge in [0.2, 0.25) is 0 Å². The molecule has 0 aliphatic heterocycles. The summed E-state index contributed by atoms with van der Waals surface area (Å²) in [6.45, 7) is 8.17. The van der Waals surface area contributed by atoms with Crippen molar-refractivity contribution in [3.05, 3.63) is 65.5 Å². The molecule has 0 saturated heterocycles. The standard InChI is InChI=1S/C19H25FN2.ClH/c1-3-22(4-2)19-11-7-17(8-12-19)15-21-14-13-16-5-9-18(20)10-6-16;/h5-12,21H,3-4,13-15H2,1-2H3;1H. The number of halogens is 2. The molecular formula is C19H26ClFN2. The summed E-state index contributed by atoms with van der Waals surface area (Å²) in [5.41, 5.74) is 3.72. The SMILES string of the molecule is CCN(CC)c1ccc(CNCCc2ccc(F)cc2)cc1.Cl. The van der Waals surface area contributed by atoms with Crippen LogP contribution in [0.25, 0.3) is 0 Å². The fraction of sp³-hybridized carbons (Fsp3) is 0.368. The molecule has 0 saturated carbocycles. The highest BCUT2D eigenvalue weighted by molar-refractivity contribution is 5.85. The molecule has 2 aromatic rings. The monoisotopic (exact) mass is 336 g/mol. The molecule has 0 radical (unpaired) electrons. The van der Waals surface area contributed by atoms with Crippen LogP contribution in [0.3, 0.4) is 0 Å². The molecule has 0 aliphatic rings. The molecule has 0 aliphatic carbocycles. The molecule has 2 rings (SSSR count). The van der Waals surface area contributed by atoms with Crippen LogP contribution >= 0.6 is 12.4 Å². The minimum absolute atomic E-state index is 0. The molecule has 4 heteroatoms. The van der Waals surface area contributed by atoms with Crippen LogP contribution in [0.15, 0.2) is 48.5 Å². The normalized spacial score (nSPS) is 10.2. The first-order chi connectivity index (χ1) is 10.7.